The average Bonchev–Trinajstić information content (AvgIpc) is 3.27. The van der Waals surface area contributed by atoms with Crippen LogP contribution >= 0.6 is 22.9 Å². The molecule has 0 saturated heterocycles. The van der Waals surface area contributed by atoms with Gasteiger partial charge in [-0.25, -0.2) is 4.98 Å². The Bertz CT molecular complexity index is 1520. The fraction of sp³-hybridized carbons (Fsp3) is 0.115. The first-order chi connectivity index (χ1) is 16.1. The zero-order valence-corrected chi connectivity index (χ0v) is 19.2. The maximum atomic E-state index is 12.9. The Morgan fingerprint density at radius 3 is 2.67 bits per heavy atom. The molecular weight excluding hydrogens is 454 g/mol. The van der Waals surface area contributed by atoms with E-state index in [1.807, 2.05) is 48.5 Å². The Morgan fingerprint density at radius 1 is 1.03 bits per heavy atom. The quantitative estimate of drug-likeness (QED) is 0.364. The van der Waals surface area contributed by atoms with E-state index in [0.29, 0.717) is 28.2 Å². The molecule has 5 nitrogen and oxygen atoms in total. The van der Waals surface area contributed by atoms with E-state index < -0.39 is 0 Å². The lowest BCUT2D eigenvalue weighted by atomic mass is 10.0. The molecule has 0 unspecified atom stereocenters. The van der Waals surface area contributed by atoms with E-state index in [9.17, 15) is 9.59 Å². The van der Waals surface area contributed by atoms with Crippen LogP contribution in [0.25, 0.3) is 31.4 Å². The molecular formula is C26H20ClN3O2S. The van der Waals surface area contributed by atoms with Crippen LogP contribution in [-0.4, -0.2) is 22.0 Å². The minimum absolute atomic E-state index is 0.0640. The first kappa shape index (κ1) is 21.4. The Balaban J connectivity index is 1.27. The minimum atomic E-state index is -0.215. The Kier molecular flexibility index (Phi) is 5.94. The van der Waals surface area contributed by atoms with Gasteiger partial charge < -0.3 is 5.32 Å². The van der Waals surface area contributed by atoms with Gasteiger partial charge in [-0.3, -0.25) is 14.2 Å². The zero-order chi connectivity index (χ0) is 22.8. The van der Waals surface area contributed by atoms with Crippen LogP contribution in [0.2, 0.25) is 5.02 Å². The van der Waals surface area contributed by atoms with Crippen molar-refractivity contribution in [1.29, 1.82) is 0 Å². The molecule has 0 aliphatic heterocycles. The third-order valence-corrected chi connectivity index (χ3v) is 6.96. The van der Waals surface area contributed by atoms with Gasteiger partial charge in [-0.2, -0.15) is 0 Å². The predicted molar refractivity (Wildman–Crippen MR) is 135 cm³/mol. The van der Waals surface area contributed by atoms with Gasteiger partial charge >= 0.3 is 0 Å². The Labute approximate surface area is 199 Å². The van der Waals surface area contributed by atoms with E-state index in [1.54, 1.807) is 0 Å². The van der Waals surface area contributed by atoms with Crippen LogP contribution in [0, 0.1) is 0 Å². The van der Waals surface area contributed by atoms with Crippen LogP contribution in [0.5, 0.6) is 0 Å². The molecule has 2 aromatic heterocycles. The van der Waals surface area contributed by atoms with E-state index in [0.717, 1.165) is 10.4 Å². The van der Waals surface area contributed by atoms with E-state index in [1.165, 1.54) is 38.6 Å². The van der Waals surface area contributed by atoms with Gasteiger partial charge in [0, 0.05) is 16.4 Å². The monoisotopic (exact) mass is 473 g/mol. The number of nitrogens with one attached hydrogen (secondary N) is 1. The van der Waals surface area contributed by atoms with E-state index in [2.05, 4.69) is 34.6 Å². The van der Waals surface area contributed by atoms with Crippen molar-refractivity contribution in [2.45, 2.75) is 13.0 Å². The van der Waals surface area contributed by atoms with E-state index in [4.69, 9.17) is 11.6 Å². The van der Waals surface area contributed by atoms with Crippen LogP contribution in [0.4, 0.5) is 0 Å². The van der Waals surface area contributed by atoms with Crippen LogP contribution in [0.15, 0.2) is 83.9 Å². The van der Waals surface area contributed by atoms with Crippen LogP contribution in [-0.2, 0) is 17.8 Å². The number of carbonyl (C=O) groups is 1. The molecule has 0 fully saturated rings. The normalized spacial score (nSPS) is 11.2. The van der Waals surface area contributed by atoms with Gasteiger partial charge in [-0.15, -0.1) is 11.3 Å². The molecule has 7 heteroatoms. The third-order valence-electron chi connectivity index (χ3n) is 5.54. The molecule has 1 amide bonds. The van der Waals surface area contributed by atoms with Crippen molar-refractivity contribution in [3.63, 3.8) is 0 Å². The molecule has 0 aliphatic carbocycles. The number of nitrogens with zero attached hydrogens (tertiary/aromatic N) is 2. The van der Waals surface area contributed by atoms with Crippen LogP contribution in [0.1, 0.15) is 5.56 Å². The second-order valence-electron chi connectivity index (χ2n) is 7.75. The number of amides is 1. The SMILES string of the molecule is O=C(Cn1cnc2cc(-c3ccc(Cl)cc3)sc2c1=O)NCCc1cccc2ccccc12. The topological polar surface area (TPSA) is 64.0 Å². The van der Waals surface area contributed by atoms with E-state index >= 15 is 0 Å². The molecule has 2 heterocycles. The smallest absolute Gasteiger partial charge is 0.271 e. The lowest BCUT2D eigenvalue weighted by molar-refractivity contribution is -0.121. The molecule has 5 aromatic rings. The molecule has 33 heavy (non-hydrogen) atoms. The second-order valence-corrected chi connectivity index (χ2v) is 9.24. The van der Waals surface area contributed by atoms with Gasteiger partial charge in [0.15, 0.2) is 0 Å². The van der Waals surface area contributed by atoms with Crippen molar-refractivity contribution in [2.24, 2.45) is 0 Å². The number of benzene rings is 3. The summed E-state index contributed by atoms with van der Waals surface area (Å²) < 4.78 is 1.89. The van der Waals surface area contributed by atoms with Gasteiger partial charge in [0.1, 0.15) is 11.2 Å². The maximum Gasteiger partial charge on any atom is 0.271 e. The van der Waals surface area contributed by atoms with Gasteiger partial charge in [0.25, 0.3) is 5.56 Å². The zero-order valence-electron chi connectivity index (χ0n) is 17.6. The number of halogens is 1. The molecule has 0 saturated carbocycles. The minimum Gasteiger partial charge on any atom is -0.354 e. The average molecular weight is 474 g/mol. The molecule has 1 N–H and O–H groups in total. The van der Waals surface area contributed by atoms with Crippen molar-refractivity contribution in [2.75, 3.05) is 6.54 Å². The summed E-state index contributed by atoms with van der Waals surface area (Å²) in [5.41, 5.74) is 2.57. The highest BCUT2D eigenvalue weighted by atomic mass is 35.5. The molecule has 0 aliphatic rings. The summed E-state index contributed by atoms with van der Waals surface area (Å²) in [7, 11) is 0. The summed E-state index contributed by atoms with van der Waals surface area (Å²) in [6.45, 7) is 0.433. The summed E-state index contributed by atoms with van der Waals surface area (Å²) in [6.07, 6.45) is 2.15. The second kappa shape index (κ2) is 9.17. The number of rotatable bonds is 6. The lowest BCUT2D eigenvalue weighted by Gasteiger charge is -2.09. The molecule has 0 spiro atoms. The first-order valence-corrected chi connectivity index (χ1v) is 11.8. The Morgan fingerprint density at radius 2 is 1.82 bits per heavy atom. The van der Waals surface area contributed by atoms with Gasteiger partial charge in [-0.05, 0) is 46.5 Å². The van der Waals surface area contributed by atoms with Gasteiger partial charge in [0.05, 0.1) is 11.8 Å². The molecule has 3 aromatic carbocycles. The van der Waals surface area contributed by atoms with Gasteiger partial charge in [0.2, 0.25) is 5.91 Å². The Hall–Kier alpha value is -3.48. The van der Waals surface area contributed by atoms with Crippen molar-refractivity contribution in [3.8, 4) is 10.4 Å². The fourth-order valence-corrected chi connectivity index (χ4v) is 5.06. The number of thiophene rings is 1. The summed E-state index contributed by atoms with van der Waals surface area (Å²) in [5, 5.41) is 5.95. The van der Waals surface area contributed by atoms with Crippen molar-refractivity contribution in [1.82, 2.24) is 14.9 Å². The summed E-state index contributed by atoms with van der Waals surface area (Å²) in [6, 6.07) is 23.7. The molecule has 0 atom stereocenters. The standard InChI is InChI=1S/C26H20ClN3O2S/c27-20-10-8-19(9-11-20)23-14-22-25(33-23)26(32)30(16-29-22)15-24(31)28-13-12-18-6-3-5-17-4-1-2-7-21(17)18/h1-11,14,16H,12-13,15H2,(H,28,31). The fourth-order valence-electron chi connectivity index (χ4n) is 3.87. The van der Waals surface area contributed by atoms with Gasteiger partial charge in [-0.1, -0.05) is 66.2 Å². The van der Waals surface area contributed by atoms with Crippen molar-refractivity contribution >= 4 is 49.8 Å². The summed E-state index contributed by atoms with van der Waals surface area (Å²) in [5.74, 6) is -0.215. The molecule has 0 radical (unpaired) electrons. The number of carbonyl (C=O) groups excluding carboxylic acids is 1. The molecule has 0 bridgehead atoms. The van der Waals surface area contributed by atoms with Crippen LogP contribution in [0.3, 0.4) is 0 Å². The number of fused-ring (bicyclic) bond motifs is 2. The van der Waals surface area contributed by atoms with Crippen molar-refractivity contribution in [3.05, 3.63) is 100 Å². The number of aromatic nitrogens is 2. The summed E-state index contributed by atoms with van der Waals surface area (Å²) >= 11 is 7.34. The van der Waals surface area contributed by atoms with Crippen LogP contribution < -0.4 is 10.9 Å². The van der Waals surface area contributed by atoms with Crippen molar-refractivity contribution < 1.29 is 4.79 Å². The highest BCUT2D eigenvalue weighted by molar-refractivity contribution is 7.22. The third kappa shape index (κ3) is 4.53. The highest BCUT2D eigenvalue weighted by Gasteiger charge is 2.12. The first-order valence-electron chi connectivity index (χ1n) is 10.6. The predicted octanol–water partition coefficient (Wildman–Crippen LogP) is 5.29. The summed E-state index contributed by atoms with van der Waals surface area (Å²) in [4.78, 5) is 30.8. The number of hydrogen-bond donors (Lipinski definition) is 1. The lowest BCUT2D eigenvalue weighted by Crippen LogP contribution is -2.33. The largest absolute Gasteiger partial charge is 0.354 e. The molecule has 5 rings (SSSR count). The van der Waals surface area contributed by atoms with E-state index in [-0.39, 0.29) is 18.0 Å². The number of hydrogen-bond acceptors (Lipinski definition) is 4. The highest BCUT2D eigenvalue weighted by Crippen LogP contribution is 2.31. The maximum absolute atomic E-state index is 12.9. The molecule has 164 valence electrons.